The predicted molar refractivity (Wildman–Crippen MR) is 67.6 cm³/mol. The minimum Gasteiger partial charge on any atom is -0.0622 e. The van der Waals surface area contributed by atoms with Crippen molar-refractivity contribution in [2.45, 2.75) is 19.3 Å². The third-order valence-electron chi connectivity index (χ3n) is 3.66. The fourth-order valence-corrected chi connectivity index (χ4v) is 2.96. The van der Waals surface area contributed by atoms with Crippen LogP contribution in [0.15, 0.2) is 54.6 Å². The molecule has 0 radical (unpaired) electrons. The maximum atomic E-state index is 2.36. The van der Waals surface area contributed by atoms with Gasteiger partial charge in [0.05, 0.1) is 0 Å². The number of fused-ring (bicyclic) bond motifs is 1. The van der Waals surface area contributed by atoms with Crippen LogP contribution in [0, 0.1) is 5.92 Å². The highest BCUT2D eigenvalue weighted by Gasteiger charge is 2.29. The predicted octanol–water partition coefficient (Wildman–Crippen LogP) is 4.01. The molecule has 0 saturated heterocycles. The maximum absolute atomic E-state index is 2.36. The Morgan fingerprint density at radius 3 is 2.38 bits per heavy atom. The summed E-state index contributed by atoms with van der Waals surface area (Å²) in [6.45, 7) is 2.36. The lowest BCUT2D eigenvalue weighted by molar-refractivity contribution is 0.557. The lowest BCUT2D eigenvalue weighted by Crippen LogP contribution is -2.04. The average Bonchev–Trinajstić information content (AvgIpc) is 2.66. The third-order valence-corrected chi connectivity index (χ3v) is 3.66. The Labute approximate surface area is 96.9 Å². The summed E-state index contributed by atoms with van der Waals surface area (Å²) in [6, 6.07) is 19.8. The van der Waals surface area contributed by atoms with Crippen LogP contribution < -0.4 is 0 Å². The number of hydrogen-bond donors (Lipinski definition) is 0. The molecular weight excluding hydrogens is 192 g/mol. The first kappa shape index (κ1) is 9.65. The molecule has 1 unspecified atom stereocenters. The fourth-order valence-electron chi connectivity index (χ4n) is 2.96. The van der Waals surface area contributed by atoms with E-state index in [0.717, 1.165) is 5.92 Å². The number of hydrogen-bond acceptors (Lipinski definition) is 0. The molecule has 0 heterocycles. The van der Waals surface area contributed by atoms with Gasteiger partial charge in [-0.2, -0.15) is 0 Å². The first-order valence-corrected chi connectivity index (χ1v) is 5.99. The van der Waals surface area contributed by atoms with E-state index in [1.54, 1.807) is 0 Å². The standard InChI is InChI=1S/C16H16/c1-12-11-14-9-5-6-10-15(14)16(12)13-7-3-2-4-8-13/h2-10,12,16H,11H2,1H3/t12?,16-/m0/s1. The Morgan fingerprint density at radius 2 is 1.56 bits per heavy atom. The van der Waals surface area contributed by atoms with E-state index in [4.69, 9.17) is 0 Å². The Morgan fingerprint density at radius 1 is 0.875 bits per heavy atom. The van der Waals surface area contributed by atoms with E-state index in [2.05, 4.69) is 61.5 Å². The Kier molecular flexibility index (Phi) is 2.28. The van der Waals surface area contributed by atoms with Gasteiger partial charge in [-0.3, -0.25) is 0 Å². The molecule has 0 aromatic heterocycles. The van der Waals surface area contributed by atoms with Gasteiger partial charge in [0.25, 0.3) is 0 Å². The van der Waals surface area contributed by atoms with Crippen LogP contribution in [-0.2, 0) is 6.42 Å². The number of benzene rings is 2. The van der Waals surface area contributed by atoms with E-state index in [0.29, 0.717) is 5.92 Å². The third kappa shape index (κ3) is 1.46. The van der Waals surface area contributed by atoms with Crippen LogP contribution in [0.25, 0.3) is 0 Å². The molecule has 0 bridgehead atoms. The smallest absolute Gasteiger partial charge is 0.0121 e. The lowest BCUT2D eigenvalue weighted by atomic mass is 9.87. The Hall–Kier alpha value is -1.56. The largest absolute Gasteiger partial charge is 0.0622 e. The first-order chi connectivity index (χ1) is 7.86. The second kappa shape index (κ2) is 3.79. The normalized spacial score (nSPS) is 23.1. The molecule has 1 aliphatic rings. The van der Waals surface area contributed by atoms with E-state index >= 15 is 0 Å². The molecule has 2 aromatic rings. The Bertz CT molecular complexity index is 484. The second-order valence-corrected chi connectivity index (χ2v) is 4.77. The van der Waals surface area contributed by atoms with Gasteiger partial charge in [0, 0.05) is 5.92 Å². The minimum atomic E-state index is 0.595. The summed E-state index contributed by atoms with van der Waals surface area (Å²) in [5.74, 6) is 1.32. The topological polar surface area (TPSA) is 0 Å². The van der Waals surface area contributed by atoms with E-state index < -0.39 is 0 Å². The molecule has 0 nitrogen and oxygen atoms in total. The molecule has 0 heteroatoms. The fraction of sp³-hybridized carbons (Fsp3) is 0.250. The van der Waals surface area contributed by atoms with Crippen LogP contribution in [0.3, 0.4) is 0 Å². The quantitative estimate of drug-likeness (QED) is 0.664. The summed E-state index contributed by atoms with van der Waals surface area (Å²) in [5, 5.41) is 0. The maximum Gasteiger partial charge on any atom is 0.0121 e. The van der Waals surface area contributed by atoms with Gasteiger partial charge in [-0.05, 0) is 29.0 Å². The molecule has 2 atom stereocenters. The SMILES string of the molecule is CC1Cc2ccccc2[C@@H]1c1ccccc1. The average molecular weight is 208 g/mol. The molecular formula is C16H16. The van der Waals surface area contributed by atoms with Crippen LogP contribution >= 0.6 is 0 Å². The summed E-state index contributed by atoms with van der Waals surface area (Å²) in [5.41, 5.74) is 4.52. The summed E-state index contributed by atoms with van der Waals surface area (Å²) in [7, 11) is 0. The van der Waals surface area contributed by atoms with Crippen molar-refractivity contribution in [3.63, 3.8) is 0 Å². The summed E-state index contributed by atoms with van der Waals surface area (Å²) >= 11 is 0. The van der Waals surface area contributed by atoms with Gasteiger partial charge in [0.15, 0.2) is 0 Å². The van der Waals surface area contributed by atoms with Gasteiger partial charge in [-0.1, -0.05) is 61.5 Å². The molecule has 1 aliphatic carbocycles. The van der Waals surface area contributed by atoms with Crippen LogP contribution in [0.1, 0.15) is 29.5 Å². The van der Waals surface area contributed by atoms with E-state index in [9.17, 15) is 0 Å². The van der Waals surface area contributed by atoms with E-state index in [-0.39, 0.29) is 0 Å². The number of rotatable bonds is 1. The molecule has 0 amide bonds. The molecule has 0 saturated carbocycles. The summed E-state index contributed by atoms with van der Waals surface area (Å²) in [6.07, 6.45) is 1.22. The van der Waals surface area contributed by atoms with Crippen LogP contribution in [0.4, 0.5) is 0 Å². The molecule has 2 aromatic carbocycles. The molecule has 3 rings (SSSR count). The molecule has 0 aliphatic heterocycles. The molecule has 80 valence electrons. The van der Waals surface area contributed by atoms with Crippen molar-refractivity contribution < 1.29 is 0 Å². The highest BCUT2D eigenvalue weighted by Crippen LogP contribution is 2.41. The zero-order chi connectivity index (χ0) is 11.0. The van der Waals surface area contributed by atoms with Crippen molar-refractivity contribution in [1.82, 2.24) is 0 Å². The summed E-state index contributed by atoms with van der Waals surface area (Å²) in [4.78, 5) is 0. The zero-order valence-electron chi connectivity index (χ0n) is 9.56. The minimum absolute atomic E-state index is 0.595. The van der Waals surface area contributed by atoms with Crippen molar-refractivity contribution in [1.29, 1.82) is 0 Å². The van der Waals surface area contributed by atoms with Crippen molar-refractivity contribution in [2.75, 3.05) is 0 Å². The van der Waals surface area contributed by atoms with Gasteiger partial charge >= 0.3 is 0 Å². The van der Waals surface area contributed by atoms with E-state index in [1.807, 2.05) is 0 Å². The molecule has 16 heavy (non-hydrogen) atoms. The van der Waals surface area contributed by atoms with Crippen molar-refractivity contribution in [3.05, 3.63) is 71.3 Å². The highest BCUT2D eigenvalue weighted by atomic mass is 14.3. The summed E-state index contributed by atoms with van der Waals surface area (Å²) < 4.78 is 0. The van der Waals surface area contributed by atoms with Crippen molar-refractivity contribution in [3.8, 4) is 0 Å². The monoisotopic (exact) mass is 208 g/mol. The van der Waals surface area contributed by atoms with Gasteiger partial charge in [0.1, 0.15) is 0 Å². The van der Waals surface area contributed by atoms with Crippen molar-refractivity contribution in [2.24, 2.45) is 5.92 Å². The first-order valence-electron chi connectivity index (χ1n) is 5.99. The zero-order valence-corrected chi connectivity index (χ0v) is 9.56. The Balaban J connectivity index is 2.09. The van der Waals surface area contributed by atoms with E-state index in [1.165, 1.54) is 23.1 Å². The lowest BCUT2D eigenvalue weighted by Gasteiger charge is -2.17. The second-order valence-electron chi connectivity index (χ2n) is 4.77. The van der Waals surface area contributed by atoms with Gasteiger partial charge in [0.2, 0.25) is 0 Å². The molecule has 0 N–H and O–H groups in total. The van der Waals surface area contributed by atoms with Gasteiger partial charge in [-0.25, -0.2) is 0 Å². The van der Waals surface area contributed by atoms with Crippen LogP contribution in [-0.4, -0.2) is 0 Å². The highest BCUT2D eigenvalue weighted by molar-refractivity contribution is 5.43. The van der Waals surface area contributed by atoms with Crippen LogP contribution in [0.5, 0.6) is 0 Å². The molecule has 0 spiro atoms. The molecule has 0 fully saturated rings. The van der Waals surface area contributed by atoms with Crippen molar-refractivity contribution >= 4 is 0 Å². The van der Waals surface area contributed by atoms with Gasteiger partial charge < -0.3 is 0 Å². The van der Waals surface area contributed by atoms with Crippen LogP contribution in [0.2, 0.25) is 0 Å². The van der Waals surface area contributed by atoms with Gasteiger partial charge in [-0.15, -0.1) is 0 Å².